The quantitative estimate of drug-likeness (QED) is 0.922. The zero-order chi connectivity index (χ0) is 14.0. The van der Waals surface area contributed by atoms with E-state index in [1.807, 2.05) is 7.05 Å². The fourth-order valence-corrected chi connectivity index (χ4v) is 3.01. The average Bonchev–Trinajstić information content (AvgIpc) is 2.38. The third kappa shape index (κ3) is 3.00. The summed E-state index contributed by atoms with van der Waals surface area (Å²) in [6, 6.07) is 1.98. The van der Waals surface area contributed by atoms with Crippen molar-refractivity contribution in [2.75, 3.05) is 11.9 Å². The molecule has 1 aliphatic rings. The molecule has 0 spiro atoms. The van der Waals surface area contributed by atoms with Gasteiger partial charge in [-0.05, 0) is 24.8 Å². The van der Waals surface area contributed by atoms with Crippen molar-refractivity contribution >= 4 is 23.4 Å². The smallest absolute Gasteiger partial charge is 0.337 e. The number of pyridine rings is 1. The maximum atomic E-state index is 11.1. The molecule has 1 fully saturated rings. The van der Waals surface area contributed by atoms with Crippen molar-refractivity contribution in [2.45, 2.75) is 38.6 Å². The maximum absolute atomic E-state index is 11.1. The number of carbonyl (C=O) groups is 1. The summed E-state index contributed by atoms with van der Waals surface area (Å²) in [5, 5.41) is 9.29. The highest BCUT2D eigenvalue weighted by molar-refractivity contribution is 6.33. The fourth-order valence-electron chi connectivity index (χ4n) is 2.83. The van der Waals surface area contributed by atoms with Gasteiger partial charge in [-0.25, -0.2) is 9.78 Å². The third-order valence-corrected chi connectivity index (χ3v) is 4.30. The monoisotopic (exact) mass is 282 g/mol. The normalized spacial score (nSPS) is 23.1. The van der Waals surface area contributed by atoms with E-state index >= 15 is 0 Å². The van der Waals surface area contributed by atoms with E-state index in [4.69, 9.17) is 16.7 Å². The summed E-state index contributed by atoms with van der Waals surface area (Å²) < 4.78 is 0. The van der Waals surface area contributed by atoms with Crippen molar-refractivity contribution in [1.82, 2.24) is 4.98 Å². The number of aromatic nitrogens is 1. The van der Waals surface area contributed by atoms with E-state index in [9.17, 15) is 4.79 Å². The first-order chi connectivity index (χ1) is 9.00. The molecule has 0 radical (unpaired) electrons. The molecule has 1 heterocycles. The Labute approximate surface area is 118 Å². The number of anilines is 1. The maximum Gasteiger partial charge on any atom is 0.337 e. The van der Waals surface area contributed by atoms with Crippen LogP contribution in [-0.4, -0.2) is 29.1 Å². The third-order valence-electron chi connectivity index (χ3n) is 4.00. The Balaban J connectivity index is 2.25. The van der Waals surface area contributed by atoms with Gasteiger partial charge < -0.3 is 10.0 Å². The molecule has 2 atom stereocenters. The minimum atomic E-state index is -1.02. The van der Waals surface area contributed by atoms with Crippen LogP contribution in [0.1, 0.15) is 43.0 Å². The molecule has 1 saturated carbocycles. The second-order valence-corrected chi connectivity index (χ2v) is 5.67. The number of halogens is 1. The Kier molecular flexibility index (Phi) is 4.30. The van der Waals surface area contributed by atoms with Crippen molar-refractivity contribution < 1.29 is 9.90 Å². The van der Waals surface area contributed by atoms with Crippen LogP contribution >= 0.6 is 11.6 Å². The van der Waals surface area contributed by atoms with Gasteiger partial charge in [0.25, 0.3) is 0 Å². The molecule has 104 valence electrons. The first kappa shape index (κ1) is 14.1. The van der Waals surface area contributed by atoms with E-state index in [0.29, 0.717) is 17.8 Å². The molecule has 1 aromatic rings. The standard InChI is InChI=1S/C14H19ClN2O2/c1-9-5-3-4-6-12(9)17(2)13-7-10(14(18)19)11(15)8-16-13/h7-9,12H,3-6H2,1-2H3,(H,18,19). The molecule has 1 N–H and O–H groups in total. The SMILES string of the molecule is CC1CCCCC1N(C)c1cc(C(=O)O)c(Cl)cn1. The van der Waals surface area contributed by atoms with Crippen molar-refractivity contribution in [3.05, 3.63) is 22.8 Å². The molecule has 2 rings (SSSR count). The van der Waals surface area contributed by atoms with Gasteiger partial charge in [-0.15, -0.1) is 0 Å². The van der Waals surface area contributed by atoms with Crippen LogP contribution in [0.15, 0.2) is 12.3 Å². The van der Waals surface area contributed by atoms with Gasteiger partial charge in [0.05, 0.1) is 10.6 Å². The summed E-state index contributed by atoms with van der Waals surface area (Å²) in [6.45, 7) is 2.24. The highest BCUT2D eigenvalue weighted by Crippen LogP contribution is 2.30. The number of carboxylic acids is 1. The Morgan fingerprint density at radius 2 is 2.16 bits per heavy atom. The van der Waals surface area contributed by atoms with E-state index < -0.39 is 5.97 Å². The molecular weight excluding hydrogens is 264 g/mol. The molecule has 0 aliphatic heterocycles. The zero-order valence-corrected chi connectivity index (χ0v) is 12.0. The van der Waals surface area contributed by atoms with Gasteiger partial charge in [-0.3, -0.25) is 0 Å². The summed E-state index contributed by atoms with van der Waals surface area (Å²) in [6.07, 6.45) is 6.27. The molecule has 1 aromatic heterocycles. The molecule has 0 saturated heterocycles. The van der Waals surface area contributed by atoms with Gasteiger partial charge in [0.15, 0.2) is 0 Å². The second-order valence-electron chi connectivity index (χ2n) is 5.27. The highest BCUT2D eigenvalue weighted by atomic mass is 35.5. The van der Waals surface area contributed by atoms with Crippen LogP contribution in [-0.2, 0) is 0 Å². The van der Waals surface area contributed by atoms with Gasteiger partial charge in [-0.1, -0.05) is 31.4 Å². The summed E-state index contributed by atoms with van der Waals surface area (Å²) in [7, 11) is 1.98. The molecule has 2 unspecified atom stereocenters. The van der Waals surface area contributed by atoms with Crippen LogP contribution in [0.3, 0.4) is 0 Å². The lowest BCUT2D eigenvalue weighted by Crippen LogP contribution is -2.39. The van der Waals surface area contributed by atoms with E-state index in [1.165, 1.54) is 25.5 Å². The summed E-state index contributed by atoms with van der Waals surface area (Å²) >= 11 is 5.85. The lowest BCUT2D eigenvalue weighted by atomic mass is 9.85. The highest BCUT2D eigenvalue weighted by Gasteiger charge is 2.26. The summed E-state index contributed by atoms with van der Waals surface area (Å²) in [5.41, 5.74) is 0.113. The summed E-state index contributed by atoms with van der Waals surface area (Å²) in [5.74, 6) is 0.267. The molecular formula is C14H19ClN2O2. The number of nitrogens with zero attached hydrogens (tertiary/aromatic N) is 2. The lowest BCUT2D eigenvalue weighted by Gasteiger charge is -2.37. The van der Waals surface area contributed by atoms with Crippen LogP contribution in [0.4, 0.5) is 5.82 Å². The van der Waals surface area contributed by atoms with Crippen LogP contribution in [0.25, 0.3) is 0 Å². The molecule has 5 heteroatoms. The van der Waals surface area contributed by atoms with Gasteiger partial charge in [0.1, 0.15) is 5.82 Å². The van der Waals surface area contributed by atoms with Gasteiger partial charge >= 0.3 is 5.97 Å². The topological polar surface area (TPSA) is 53.4 Å². The van der Waals surface area contributed by atoms with Crippen LogP contribution in [0, 0.1) is 5.92 Å². The van der Waals surface area contributed by atoms with Gasteiger partial charge in [0.2, 0.25) is 0 Å². The summed E-state index contributed by atoms with van der Waals surface area (Å²) in [4.78, 5) is 17.5. The van der Waals surface area contributed by atoms with Crippen molar-refractivity contribution in [2.24, 2.45) is 5.92 Å². The minimum absolute atomic E-state index is 0.113. The van der Waals surface area contributed by atoms with E-state index in [0.717, 1.165) is 6.42 Å². The van der Waals surface area contributed by atoms with Gasteiger partial charge in [0, 0.05) is 19.3 Å². The molecule has 0 bridgehead atoms. The predicted octanol–water partition coefficient (Wildman–Crippen LogP) is 3.45. The Morgan fingerprint density at radius 3 is 2.79 bits per heavy atom. The molecule has 19 heavy (non-hydrogen) atoms. The lowest BCUT2D eigenvalue weighted by molar-refractivity contribution is 0.0697. The van der Waals surface area contributed by atoms with Crippen molar-refractivity contribution in [3.63, 3.8) is 0 Å². The number of rotatable bonds is 3. The molecule has 4 nitrogen and oxygen atoms in total. The first-order valence-corrected chi connectivity index (χ1v) is 7.00. The van der Waals surface area contributed by atoms with E-state index in [1.54, 1.807) is 6.07 Å². The Bertz CT molecular complexity index is 479. The second kappa shape index (κ2) is 5.78. The van der Waals surface area contributed by atoms with Crippen LogP contribution < -0.4 is 4.90 Å². The Morgan fingerprint density at radius 1 is 1.47 bits per heavy atom. The number of aromatic carboxylic acids is 1. The van der Waals surface area contributed by atoms with Crippen LogP contribution in [0.2, 0.25) is 5.02 Å². The average molecular weight is 283 g/mol. The number of hydrogen-bond acceptors (Lipinski definition) is 3. The minimum Gasteiger partial charge on any atom is -0.478 e. The molecule has 0 aromatic carbocycles. The zero-order valence-electron chi connectivity index (χ0n) is 11.3. The number of hydrogen-bond donors (Lipinski definition) is 1. The van der Waals surface area contributed by atoms with E-state index in [-0.39, 0.29) is 10.6 Å². The largest absolute Gasteiger partial charge is 0.478 e. The fraction of sp³-hybridized carbons (Fsp3) is 0.571. The van der Waals surface area contributed by atoms with Crippen LogP contribution in [0.5, 0.6) is 0 Å². The predicted molar refractivity (Wildman–Crippen MR) is 76.0 cm³/mol. The van der Waals surface area contributed by atoms with Crippen molar-refractivity contribution in [1.29, 1.82) is 0 Å². The Hall–Kier alpha value is -1.29. The molecule has 1 aliphatic carbocycles. The van der Waals surface area contributed by atoms with Gasteiger partial charge in [-0.2, -0.15) is 0 Å². The first-order valence-electron chi connectivity index (χ1n) is 6.62. The number of carboxylic acid groups (broad SMARTS) is 1. The van der Waals surface area contributed by atoms with E-state index in [2.05, 4.69) is 16.8 Å². The molecule has 0 amide bonds. The van der Waals surface area contributed by atoms with Crippen molar-refractivity contribution in [3.8, 4) is 0 Å².